The maximum absolute atomic E-state index is 12.3. The number of likely N-dealkylation sites (N-methyl/N-ethyl adjacent to an activating group) is 1. The highest BCUT2D eigenvalue weighted by Crippen LogP contribution is 2.39. The predicted octanol–water partition coefficient (Wildman–Crippen LogP) is 3.24. The second kappa shape index (κ2) is 8.54. The molecule has 2 amide bonds. The maximum Gasteiger partial charge on any atom is 0.241 e. The molecule has 0 saturated heterocycles. The van der Waals surface area contributed by atoms with Crippen LogP contribution in [0.2, 0.25) is 0 Å². The molecule has 2 aromatic rings. The lowest BCUT2D eigenvalue weighted by Crippen LogP contribution is -2.24. The molecule has 2 heterocycles. The molecule has 28 heavy (non-hydrogen) atoms. The van der Waals surface area contributed by atoms with E-state index in [0.717, 1.165) is 24.1 Å². The van der Waals surface area contributed by atoms with Crippen LogP contribution in [0.4, 0.5) is 5.69 Å². The molecule has 0 spiro atoms. The molecule has 3 rings (SSSR count). The summed E-state index contributed by atoms with van der Waals surface area (Å²) in [5.41, 5.74) is 2.69. The van der Waals surface area contributed by atoms with E-state index >= 15 is 0 Å². The van der Waals surface area contributed by atoms with E-state index in [-0.39, 0.29) is 18.4 Å². The highest BCUT2D eigenvalue weighted by atomic mass is 16.2. The Kier molecular flexibility index (Phi) is 6.11. The van der Waals surface area contributed by atoms with Crippen molar-refractivity contribution >= 4 is 17.5 Å². The third-order valence-corrected chi connectivity index (χ3v) is 5.49. The molecule has 7 nitrogen and oxygen atoms in total. The number of anilines is 1. The van der Waals surface area contributed by atoms with Gasteiger partial charge < -0.3 is 10.6 Å². The number of rotatable bonds is 6. The molecule has 7 heteroatoms. The zero-order valence-corrected chi connectivity index (χ0v) is 16.9. The van der Waals surface area contributed by atoms with Gasteiger partial charge in [-0.3, -0.25) is 19.3 Å². The van der Waals surface area contributed by atoms with Crippen molar-refractivity contribution in [2.24, 2.45) is 11.3 Å². The van der Waals surface area contributed by atoms with E-state index in [9.17, 15) is 9.59 Å². The van der Waals surface area contributed by atoms with Crippen LogP contribution >= 0.6 is 0 Å². The molecule has 150 valence electrons. The number of amides is 2. The summed E-state index contributed by atoms with van der Waals surface area (Å²) in [6.45, 7) is 4.78. The molecule has 1 aliphatic rings. The van der Waals surface area contributed by atoms with Crippen LogP contribution in [0.1, 0.15) is 46.0 Å². The van der Waals surface area contributed by atoms with Crippen LogP contribution in [-0.4, -0.2) is 33.6 Å². The monoisotopic (exact) mass is 383 g/mol. The highest BCUT2D eigenvalue weighted by Gasteiger charge is 2.27. The summed E-state index contributed by atoms with van der Waals surface area (Å²) >= 11 is 0. The summed E-state index contributed by atoms with van der Waals surface area (Å²) in [6, 6.07) is 3.69. The lowest BCUT2D eigenvalue weighted by Gasteiger charge is -2.34. The second-order valence-electron chi connectivity index (χ2n) is 8.39. The average molecular weight is 383 g/mol. The van der Waals surface area contributed by atoms with Crippen molar-refractivity contribution in [3.05, 3.63) is 30.7 Å². The Labute approximate surface area is 165 Å². The van der Waals surface area contributed by atoms with Gasteiger partial charge in [-0.05, 0) is 49.1 Å². The third-order valence-electron chi connectivity index (χ3n) is 5.49. The van der Waals surface area contributed by atoms with E-state index in [2.05, 4.69) is 34.6 Å². The van der Waals surface area contributed by atoms with Gasteiger partial charge in [0.2, 0.25) is 11.8 Å². The van der Waals surface area contributed by atoms with Crippen molar-refractivity contribution in [1.29, 1.82) is 0 Å². The Morgan fingerprint density at radius 3 is 2.57 bits per heavy atom. The van der Waals surface area contributed by atoms with Crippen molar-refractivity contribution in [2.45, 2.75) is 52.5 Å². The standard InChI is InChI=1S/C21H29N5O2/c1-21(2)8-6-15(7-9-21)10-19(27)25-17-4-5-18(23-12-17)16-11-24-26(13-16)14-20(28)22-3/h4-5,11-13,15H,6-10,14H2,1-3H3,(H,22,28)(H,25,27). The molecular formula is C21H29N5O2. The van der Waals surface area contributed by atoms with E-state index < -0.39 is 0 Å². The number of aromatic nitrogens is 3. The zero-order valence-electron chi connectivity index (χ0n) is 16.9. The summed E-state index contributed by atoms with van der Waals surface area (Å²) in [7, 11) is 1.59. The van der Waals surface area contributed by atoms with Crippen molar-refractivity contribution in [2.75, 3.05) is 12.4 Å². The topological polar surface area (TPSA) is 88.9 Å². The molecule has 1 saturated carbocycles. The molecule has 0 atom stereocenters. The van der Waals surface area contributed by atoms with Crippen LogP contribution in [0.5, 0.6) is 0 Å². The minimum absolute atomic E-state index is 0.0534. The third kappa shape index (κ3) is 5.41. The number of carbonyl (C=O) groups excluding carboxylic acids is 2. The first-order chi connectivity index (χ1) is 13.3. The largest absolute Gasteiger partial charge is 0.358 e. The quantitative estimate of drug-likeness (QED) is 0.801. The van der Waals surface area contributed by atoms with Gasteiger partial charge >= 0.3 is 0 Å². The van der Waals surface area contributed by atoms with E-state index in [4.69, 9.17) is 0 Å². The first-order valence-corrected chi connectivity index (χ1v) is 9.84. The molecule has 0 bridgehead atoms. The van der Waals surface area contributed by atoms with Crippen LogP contribution in [0.3, 0.4) is 0 Å². The normalized spacial score (nSPS) is 16.5. The zero-order chi connectivity index (χ0) is 20.1. The molecule has 0 unspecified atom stereocenters. The van der Waals surface area contributed by atoms with Gasteiger partial charge in [-0.15, -0.1) is 0 Å². The molecule has 0 aliphatic heterocycles. The van der Waals surface area contributed by atoms with Gasteiger partial charge in [0.1, 0.15) is 6.54 Å². The van der Waals surface area contributed by atoms with Gasteiger partial charge in [-0.25, -0.2) is 0 Å². The lowest BCUT2D eigenvalue weighted by molar-refractivity contribution is -0.121. The fourth-order valence-electron chi connectivity index (χ4n) is 3.58. The molecule has 0 aromatic carbocycles. The number of hydrogen-bond acceptors (Lipinski definition) is 4. The SMILES string of the molecule is CNC(=O)Cn1cc(-c2ccc(NC(=O)CC3CCC(C)(C)CC3)cn2)cn1. The highest BCUT2D eigenvalue weighted by molar-refractivity contribution is 5.90. The van der Waals surface area contributed by atoms with E-state index in [1.807, 2.05) is 12.1 Å². The number of carbonyl (C=O) groups is 2. The van der Waals surface area contributed by atoms with E-state index in [1.165, 1.54) is 12.8 Å². The van der Waals surface area contributed by atoms with Gasteiger partial charge in [0.05, 0.1) is 23.8 Å². The Morgan fingerprint density at radius 1 is 1.18 bits per heavy atom. The molecule has 2 N–H and O–H groups in total. The first-order valence-electron chi connectivity index (χ1n) is 9.84. The molecule has 0 radical (unpaired) electrons. The Bertz CT molecular complexity index is 816. The van der Waals surface area contributed by atoms with Crippen LogP contribution in [0, 0.1) is 11.3 Å². The van der Waals surface area contributed by atoms with Crippen LogP contribution in [0.25, 0.3) is 11.3 Å². The van der Waals surface area contributed by atoms with Gasteiger partial charge in [0, 0.05) is 25.2 Å². The van der Waals surface area contributed by atoms with Crippen LogP contribution in [0.15, 0.2) is 30.7 Å². The van der Waals surface area contributed by atoms with Crippen molar-refractivity contribution < 1.29 is 9.59 Å². The first kappa shape index (κ1) is 20.0. The molecule has 1 aliphatic carbocycles. The van der Waals surface area contributed by atoms with Crippen LogP contribution in [-0.2, 0) is 16.1 Å². The summed E-state index contributed by atoms with van der Waals surface area (Å²) in [5.74, 6) is 0.422. The van der Waals surface area contributed by atoms with Crippen molar-refractivity contribution in [3.8, 4) is 11.3 Å². The smallest absolute Gasteiger partial charge is 0.241 e. The maximum atomic E-state index is 12.3. The minimum atomic E-state index is -0.109. The van der Waals surface area contributed by atoms with E-state index in [0.29, 0.717) is 23.4 Å². The Balaban J connectivity index is 1.53. The van der Waals surface area contributed by atoms with Gasteiger partial charge in [-0.1, -0.05) is 13.8 Å². The number of nitrogens with one attached hydrogen (secondary N) is 2. The summed E-state index contributed by atoms with van der Waals surface area (Å²) in [4.78, 5) is 28.2. The van der Waals surface area contributed by atoms with E-state index in [1.54, 1.807) is 30.3 Å². The number of nitrogens with zero attached hydrogens (tertiary/aromatic N) is 3. The van der Waals surface area contributed by atoms with Gasteiger partial charge in [0.15, 0.2) is 0 Å². The minimum Gasteiger partial charge on any atom is -0.358 e. The van der Waals surface area contributed by atoms with Crippen LogP contribution < -0.4 is 10.6 Å². The Morgan fingerprint density at radius 2 is 1.93 bits per heavy atom. The molecule has 2 aromatic heterocycles. The number of hydrogen-bond donors (Lipinski definition) is 2. The summed E-state index contributed by atoms with van der Waals surface area (Å²) in [5, 5.41) is 9.69. The predicted molar refractivity (Wildman–Crippen MR) is 109 cm³/mol. The molecular weight excluding hydrogens is 354 g/mol. The van der Waals surface area contributed by atoms with Crippen molar-refractivity contribution in [1.82, 2.24) is 20.1 Å². The summed E-state index contributed by atoms with van der Waals surface area (Å²) in [6.07, 6.45) is 10.3. The fourth-order valence-corrected chi connectivity index (χ4v) is 3.58. The van der Waals surface area contributed by atoms with Gasteiger partial charge in [0.25, 0.3) is 0 Å². The Hall–Kier alpha value is -2.70. The lowest BCUT2D eigenvalue weighted by atomic mass is 9.72. The second-order valence-corrected chi connectivity index (χ2v) is 8.39. The molecule has 1 fully saturated rings. The fraction of sp³-hybridized carbons (Fsp3) is 0.524. The summed E-state index contributed by atoms with van der Waals surface area (Å²) < 4.78 is 1.57. The van der Waals surface area contributed by atoms with Crippen molar-refractivity contribution in [3.63, 3.8) is 0 Å². The van der Waals surface area contributed by atoms with Gasteiger partial charge in [-0.2, -0.15) is 5.10 Å². The number of pyridine rings is 1. The average Bonchev–Trinajstić information content (AvgIpc) is 3.12.